The van der Waals surface area contributed by atoms with Crippen LogP contribution < -0.4 is 9.47 Å². The van der Waals surface area contributed by atoms with E-state index in [0.717, 1.165) is 43.9 Å². The molecule has 0 spiro atoms. The van der Waals surface area contributed by atoms with Gasteiger partial charge < -0.3 is 14.4 Å². The molecule has 1 amide bonds. The summed E-state index contributed by atoms with van der Waals surface area (Å²) < 4.78 is 10.7. The Kier molecular flexibility index (Phi) is 4.09. The monoisotopic (exact) mass is 275 g/mol. The Morgan fingerprint density at radius 1 is 1.10 bits per heavy atom. The van der Waals surface area contributed by atoms with Gasteiger partial charge in [0.1, 0.15) is 0 Å². The van der Waals surface area contributed by atoms with Gasteiger partial charge in [-0.1, -0.05) is 6.07 Å². The SMILES string of the molecule is O=C(CCCCc1ccc2c(c1)OCO2)N1CCCC1. The van der Waals surface area contributed by atoms with E-state index in [1.807, 2.05) is 17.0 Å². The number of hydrogen-bond acceptors (Lipinski definition) is 3. The average Bonchev–Trinajstić information content (AvgIpc) is 3.13. The maximum absolute atomic E-state index is 11.9. The predicted octanol–water partition coefficient (Wildman–Crippen LogP) is 2.75. The van der Waals surface area contributed by atoms with Crippen molar-refractivity contribution in [3.05, 3.63) is 23.8 Å². The summed E-state index contributed by atoms with van der Waals surface area (Å²) in [5, 5.41) is 0. The second-order valence-corrected chi connectivity index (χ2v) is 5.48. The quantitative estimate of drug-likeness (QED) is 0.776. The summed E-state index contributed by atoms with van der Waals surface area (Å²) in [6.07, 6.45) is 6.02. The van der Waals surface area contributed by atoms with E-state index in [2.05, 4.69) is 6.07 Å². The molecule has 1 saturated heterocycles. The van der Waals surface area contributed by atoms with Crippen LogP contribution in [0.3, 0.4) is 0 Å². The van der Waals surface area contributed by atoms with Crippen molar-refractivity contribution in [2.75, 3.05) is 19.9 Å². The Balaban J connectivity index is 1.40. The van der Waals surface area contributed by atoms with Crippen LogP contribution in [0.5, 0.6) is 11.5 Å². The first-order valence-electron chi connectivity index (χ1n) is 7.49. The summed E-state index contributed by atoms with van der Waals surface area (Å²) in [6, 6.07) is 6.09. The highest BCUT2D eigenvalue weighted by Gasteiger charge is 2.17. The molecule has 1 aromatic rings. The third-order valence-electron chi connectivity index (χ3n) is 4.00. The van der Waals surface area contributed by atoms with Crippen LogP contribution in [0.25, 0.3) is 0 Å². The standard InChI is InChI=1S/C16H21NO3/c18-16(17-9-3-4-10-17)6-2-1-5-13-7-8-14-15(11-13)20-12-19-14/h7-8,11H,1-6,9-10,12H2. The Morgan fingerprint density at radius 3 is 2.75 bits per heavy atom. The van der Waals surface area contributed by atoms with Crippen molar-refractivity contribution in [3.63, 3.8) is 0 Å². The Labute approximate surface area is 119 Å². The lowest BCUT2D eigenvalue weighted by Crippen LogP contribution is -2.27. The van der Waals surface area contributed by atoms with Gasteiger partial charge in [0.05, 0.1) is 0 Å². The number of aryl methyl sites for hydroxylation is 1. The molecule has 2 aliphatic heterocycles. The molecule has 0 N–H and O–H groups in total. The van der Waals surface area contributed by atoms with Crippen LogP contribution >= 0.6 is 0 Å². The highest BCUT2D eigenvalue weighted by Crippen LogP contribution is 2.32. The van der Waals surface area contributed by atoms with Crippen molar-refractivity contribution < 1.29 is 14.3 Å². The fraction of sp³-hybridized carbons (Fsp3) is 0.562. The van der Waals surface area contributed by atoms with Crippen LogP contribution in [0.15, 0.2) is 18.2 Å². The smallest absolute Gasteiger partial charge is 0.231 e. The van der Waals surface area contributed by atoms with Gasteiger partial charge in [0.25, 0.3) is 0 Å². The molecule has 1 fully saturated rings. The summed E-state index contributed by atoms with van der Waals surface area (Å²) in [6.45, 7) is 2.24. The number of carbonyl (C=O) groups is 1. The van der Waals surface area contributed by atoms with Gasteiger partial charge >= 0.3 is 0 Å². The summed E-state index contributed by atoms with van der Waals surface area (Å²) in [5.74, 6) is 2.00. The molecule has 0 atom stereocenters. The van der Waals surface area contributed by atoms with E-state index in [4.69, 9.17) is 9.47 Å². The lowest BCUT2D eigenvalue weighted by molar-refractivity contribution is -0.130. The van der Waals surface area contributed by atoms with Crippen LogP contribution in [-0.2, 0) is 11.2 Å². The van der Waals surface area contributed by atoms with Crippen molar-refractivity contribution in [1.82, 2.24) is 4.90 Å². The Morgan fingerprint density at radius 2 is 1.90 bits per heavy atom. The van der Waals surface area contributed by atoms with Crippen LogP contribution in [0.1, 0.15) is 37.7 Å². The number of rotatable bonds is 5. The fourth-order valence-electron chi connectivity index (χ4n) is 2.83. The number of ether oxygens (including phenoxy) is 2. The second kappa shape index (κ2) is 6.16. The van der Waals surface area contributed by atoms with Gasteiger partial charge in [0, 0.05) is 19.5 Å². The molecule has 4 heteroatoms. The van der Waals surface area contributed by atoms with Crippen molar-refractivity contribution in [1.29, 1.82) is 0 Å². The minimum atomic E-state index is 0.323. The fourth-order valence-corrected chi connectivity index (χ4v) is 2.83. The molecule has 0 unspecified atom stereocenters. The second-order valence-electron chi connectivity index (χ2n) is 5.48. The van der Waals surface area contributed by atoms with Gasteiger partial charge in [-0.2, -0.15) is 0 Å². The number of amides is 1. The van der Waals surface area contributed by atoms with Gasteiger partial charge in [-0.3, -0.25) is 4.79 Å². The number of nitrogens with zero attached hydrogens (tertiary/aromatic N) is 1. The van der Waals surface area contributed by atoms with Gasteiger partial charge in [-0.05, 0) is 49.8 Å². The van der Waals surface area contributed by atoms with E-state index in [9.17, 15) is 4.79 Å². The Hall–Kier alpha value is -1.71. The lowest BCUT2D eigenvalue weighted by atomic mass is 10.1. The molecule has 0 aliphatic carbocycles. The number of carbonyl (C=O) groups excluding carboxylic acids is 1. The minimum absolute atomic E-state index is 0.323. The van der Waals surface area contributed by atoms with E-state index < -0.39 is 0 Å². The Bertz CT molecular complexity index is 481. The molecule has 0 radical (unpaired) electrons. The number of benzene rings is 1. The van der Waals surface area contributed by atoms with E-state index in [1.54, 1.807) is 0 Å². The van der Waals surface area contributed by atoms with Crippen molar-refractivity contribution in [2.24, 2.45) is 0 Å². The number of likely N-dealkylation sites (tertiary alicyclic amines) is 1. The number of hydrogen-bond donors (Lipinski definition) is 0. The summed E-state index contributed by atoms with van der Waals surface area (Å²) in [5.41, 5.74) is 1.25. The highest BCUT2D eigenvalue weighted by atomic mass is 16.7. The third kappa shape index (κ3) is 3.06. The van der Waals surface area contributed by atoms with E-state index in [1.165, 1.54) is 18.4 Å². The summed E-state index contributed by atoms with van der Waals surface area (Å²) in [4.78, 5) is 13.9. The molecule has 108 valence electrons. The summed E-state index contributed by atoms with van der Waals surface area (Å²) in [7, 11) is 0. The molecule has 1 aromatic carbocycles. The van der Waals surface area contributed by atoms with Crippen LogP contribution in [0, 0.1) is 0 Å². The number of unbranched alkanes of at least 4 members (excludes halogenated alkanes) is 1. The molecule has 3 rings (SSSR count). The van der Waals surface area contributed by atoms with E-state index in [-0.39, 0.29) is 0 Å². The molecule has 0 saturated carbocycles. The van der Waals surface area contributed by atoms with Gasteiger partial charge in [0.2, 0.25) is 12.7 Å². The first kappa shape index (κ1) is 13.3. The van der Waals surface area contributed by atoms with Crippen LogP contribution in [0.4, 0.5) is 0 Å². The van der Waals surface area contributed by atoms with Crippen LogP contribution in [-0.4, -0.2) is 30.7 Å². The summed E-state index contributed by atoms with van der Waals surface area (Å²) >= 11 is 0. The number of fused-ring (bicyclic) bond motifs is 1. The minimum Gasteiger partial charge on any atom is -0.454 e. The maximum atomic E-state index is 11.9. The maximum Gasteiger partial charge on any atom is 0.231 e. The topological polar surface area (TPSA) is 38.8 Å². The molecule has 4 nitrogen and oxygen atoms in total. The zero-order chi connectivity index (χ0) is 13.8. The zero-order valence-electron chi connectivity index (χ0n) is 11.8. The highest BCUT2D eigenvalue weighted by molar-refractivity contribution is 5.76. The molecule has 20 heavy (non-hydrogen) atoms. The van der Waals surface area contributed by atoms with Crippen molar-refractivity contribution in [2.45, 2.75) is 38.5 Å². The van der Waals surface area contributed by atoms with Gasteiger partial charge in [-0.25, -0.2) is 0 Å². The normalized spacial score (nSPS) is 16.7. The van der Waals surface area contributed by atoms with Crippen LogP contribution in [0.2, 0.25) is 0 Å². The third-order valence-corrected chi connectivity index (χ3v) is 4.00. The molecule has 0 bridgehead atoms. The lowest BCUT2D eigenvalue weighted by Gasteiger charge is -2.14. The predicted molar refractivity (Wildman–Crippen MR) is 75.9 cm³/mol. The van der Waals surface area contributed by atoms with Gasteiger partial charge in [-0.15, -0.1) is 0 Å². The first-order chi connectivity index (χ1) is 9.83. The van der Waals surface area contributed by atoms with E-state index >= 15 is 0 Å². The first-order valence-corrected chi connectivity index (χ1v) is 7.49. The van der Waals surface area contributed by atoms with Gasteiger partial charge in [0.15, 0.2) is 11.5 Å². The molecule has 0 aromatic heterocycles. The average molecular weight is 275 g/mol. The zero-order valence-corrected chi connectivity index (χ0v) is 11.8. The largest absolute Gasteiger partial charge is 0.454 e. The molecular formula is C16H21NO3. The van der Waals surface area contributed by atoms with Crippen molar-refractivity contribution >= 4 is 5.91 Å². The molecule has 2 heterocycles. The van der Waals surface area contributed by atoms with E-state index in [0.29, 0.717) is 19.1 Å². The molecular weight excluding hydrogens is 254 g/mol. The molecule has 2 aliphatic rings. The van der Waals surface area contributed by atoms with Crippen molar-refractivity contribution in [3.8, 4) is 11.5 Å².